The number of hydrogen-bond acceptors (Lipinski definition) is 2. The molecule has 1 aromatic carbocycles. The lowest BCUT2D eigenvalue weighted by molar-refractivity contribution is 0.285. The van der Waals surface area contributed by atoms with E-state index in [9.17, 15) is 8.78 Å². The number of rotatable bonds is 9. The fourth-order valence-corrected chi connectivity index (χ4v) is 1.66. The predicted molar refractivity (Wildman–Crippen MR) is 68.9 cm³/mol. The summed E-state index contributed by atoms with van der Waals surface area (Å²) < 4.78 is 31.3. The molecule has 0 saturated carbocycles. The van der Waals surface area contributed by atoms with Crippen LogP contribution in [0.4, 0.5) is 8.78 Å². The highest BCUT2D eigenvalue weighted by atomic mass is 19.2. The van der Waals surface area contributed by atoms with Crippen LogP contribution in [0.2, 0.25) is 0 Å². The highest BCUT2D eigenvalue weighted by Gasteiger charge is 2.07. The first-order valence-electron chi connectivity index (χ1n) is 6.53. The maximum Gasteiger partial charge on any atom is 0.200 e. The molecule has 0 aliphatic heterocycles. The van der Waals surface area contributed by atoms with E-state index < -0.39 is 11.6 Å². The molecule has 0 radical (unpaired) electrons. The molecule has 0 fully saturated rings. The van der Waals surface area contributed by atoms with Crippen molar-refractivity contribution in [1.29, 1.82) is 0 Å². The van der Waals surface area contributed by atoms with Crippen LogP contribution in [-0.2, 0) is 0 Å². The molecule has 0 unspecified atom stereocenters. The van der Waals surface area contributed by atoms with E-state index in [-0.39, 0.29) is 5.75 Å². The van der Waals surface area contributed by atoms with E-state index in [0.717, 1.165) is 44.8 Å². The van der Waals surface area contributed by atoms with Crippen LogP contribution < -0.4 is 10.1 Å². The van der Waals surface area contributed by atoms with Crippen molar-refractivity contribution in [2.24, 2.45) is 0 Å². The summed E-state index contributed by atoms with van der Waals surface area (Å²) in [5, 5.41) is 3.26. The number of nitrogens with one attached hydrogen (secondary N) is 1. The summed E-state index contributed by atoms with van der Waals surface area (Å²) in [5.41, 5.74) is 0. The van der Waals surface area contributed by atoms with E-state index in [1.807, 2.05) is 0 Å². The number of ether oxygens (including phenoxy) is 1. The van der Waals surface area contributed by atoms with Crippen molar-refractivity contribution in [1.82, 2.24) is 5.32 Å². The Balaban J connectivity index is 2.09. The SMILES string of the molecule is CCNCCCCCCOc1cccc(F)c1F. The maximum atomic E-state index is 13.2. The molecule has 18 heavy (non-hydrogen) atoms. The van der Waals surface area contributed by atoms with Gasteiger partial charge in [0.05, 0.1) is 6.61 Å². The Labute approximate surface area is 107 Å². The molecule has 0 atom stereocenters. The van der Waals surface area contributed by atoms with Crippen molar-refractivity contribution in [3.05, 3.63) is 29.8 Å². The molecule has 0 amide bonds. The van der Waals surface area contributed by atoms with Crippen molar-refractivity contribution in [3.63, 3.8) is 0 Å². The highest BCUT2D eigenvalue weighted by molar-refractivity contribution is 5.24. The van der Waals surface area contributed by atoms with Gasteiger partial charge in [-0.2, -0.15) is 4.39 Å². The minimum atomic E-state index is -0.898. The zero-order chi connectivity index (χ0) is 13.2. The molecule has 4 heteroatoms. The van der Waals surface area contributed by atoms with Gasteiger partial charge in [-0.05, 0) is 38.1 Å². The van der Waals surface area contributed by atoms with Crippen LogP contribution in [0.25, 0.3) is 0 Å². The van der Waals surface area contributed by atoms with E-state index in [1.165, 1.54) is 12.1 Å². The van der Waals surface area contributed by atoms with Crippen molar-refractivity contribution in [3.8, 4) is 5.75 Å². The Kier molecular flexibility index (Phi) is 7.34. The van der Waals surface area contributed by atoms with Crippen LogP contribution in [0, 0.1) is 11.6 Å². The molecule has 1 aromatic rings. The van der Waals surface area contributed by atoms with Crippen LogP contribution in [0.3, 0.4) is 0 Å². The van der Waals surface area contributed by atoms with Crippen LogP contribution in [0.15, 0.2) is 18.2 Å². The predicted octanol–water partition coefficient (Wildman–Crippen LogP) is 3.51. The third kappa shape index (κ3) is 5.45. The third-order valence-electron chi connectivity index (χ3n) is 2.67. The quantitative estimate of drug-likeness (QED) is 0.683. The van der Waals surface area contributed by atoms with E-state index >= 15 is 0 Å². The average molecular weight is 257 g/mol. The summed E-state index contributed by atoms with van der Waals surface area (Å²) in [5.74, 6) is -1.76. The zero-order valence-corrected chi connectivity index (χ0v) is 10.8. The van der Waals surface area contributed by atoms with Gasteiger partial charge in [0, 0.05) is 0 Å². The van der Waals surface area contributed by atoms with Crippen LogP contribution >= 0.6 is 0 Å². The number of halogens is 2. The van der Waals surface area contributed by atoms with Gasteiger partial charge in [-0.1, -0.05) is 25.8 Å². The molecule has 0 aromatic heterocycles. The van der Waals surface area contributed by atoms with Gasteiger partial charge in [-0.3, -0.25) is 0 Å². The Hall–Kier alpha value is -1.16. The van der Waals surface area contributed by atoms with Gasteiger partial charge in [-0.25, -0.2) is 4.39 Å². The minimum Gasteiger partial charge on any atom is -0.490 e. The van der Waals surface area contributed by atoms with Crippen molar-refractivity contribution >= 4 is 0 Å². The second-order valence-corrected chi connectivity index (χ2v) is 4.17. The number of benzene rings is 1. The first-order chi connectivity index (χ1) is 8.75. The summed E-state index contributed by atoms with van der Waals surface area (Å²) in [6.07, 6.45) is 4.18. The molecule has 1 rings (SSSR count). The second kappa shape index (κ2) is 8.86. The molecule has 0 saturated heterocycles. The van der Waals surface area contributed by atoms with E-state index in [4.69, 9.17) is 4.74 Å². The molecule has 0 aliphatic rings. The van der Waals surface area contributed by atoms with Gasteiger partial charge in [0.25, 0.3) is 0 Å². The Morgan fingerprint density at radius 2 is 1.89 bits per heavy atom. The van der Waals surface area contributed by atoms with Crippen LogP contribution in [0.1, 0.15) is 32.6 Å². The molecule has 0 aliphatic carbocycles. The summed E-state index contributed by atoms with van der Waals surface area (Å²) >= 11 is 0. The Morgan fingerprint density at radius 3 is 2.67 bits per heavy atom. The largest absolute Gasteiger partial charge is 0.490 e. The van der Waals surface area contributed by atoms with Crippen molar-refractivity contribution in [2.75, 3.05) is 19.7 Å². The maximum absolute atomic E-state index is 13.2. The standard InChI is InChI=1S/C14H21F2NO/c1-2-17-10-5-3-4-6-11-18-13-9-7-8-12(15)14(13)16/h7-9,17H,2-6,10-11H2,1H3. The molecule has 0 heterocycles. The fraction of sp³-hybridized carbons (Fsp3) is 0.571. The molecule has 0 bridgehead atoms. The number of unbranched alkanes of at least 4 members (excludes halogenated alkanes) is 3. The van der Waals surface area contributed by atoms with E-state index in [2.05, 4.69) is 12.2 Å². The van der Waals surface area contributed by atoms with Gasteiger partial charge in [0.2, 0.25) is 5.82 Å². The lowest BCUT2D eigenvalue weighted by Crippen LogP contribution is -2.13. The molecule has 0 spiro atoms. The highest BCUT2D eigenvalue weighted by Crippen LogP contribution is 2.19. The molecule has 1 N–H and O–H groups in total. The summed E-state index contributed by atoms with van der Waals surface area (Å²) in [4.78, 5) is 0. The molecular weight excluding hydrogens is 236 g/mol. The lowest BCUT2D eigenvalue weighted by Gasteiger charge is -2.07. The lowest BCUT2D eigenvalue weighted by atomic mass is 10.2. The van der Waals surface area contributed by atoms with Gasteiger partial charge >= 0.3 is 0 Å². The fourth-order valence-electron chi connectivity index (χ4n) is 1.66. The second-order valence-electron chi connectivity index (χ2n) is 4.17. The Morgan fingerprint density at radius 1 is 1.11 bits per heavy atom. The molecule has 102 valence electrons. The third-order valence-corrected chi connectivity index (χ3v) is 2.67. The normalized spacial score (nSPS) is 10.6. The van der Waals surface area contributed by atoms with Gasteiger partial charge in [0.15, 0.2) is 11.6 Å². The molecular formula is C14H21F2NO. The Bertz CT molecular complexity index is 345. The topological polar surface area (TPSA) is 21.3 Å². The summed E-state index contributed by atoms with van der Waals surface area (Å²) in [7, 11) is 0. The monoisotopic (exact) mass is 257 g/mol. The average Bonchev–Trinajstić information content (AvgIpc) is 2.37. The summed E-state index contributed by atoms with van der Waals surface area (Å²) in [6, 6.07) is 3.98. The van der Waals surface area contributed by atoms with Crippen molar-refractivity contribution < 1.29 is 13.5 Å². The van der Waals surface area contributed by atoms with Gasteiger partial charge in [0.1, 0.15) is 0 Å². The first kappa shape index (κ1) is 14.9. The van der Waals surface area contributed by atoms with Crippen LogP contribution in [0.5, 0.6) is 5.75 Å². The van der Waals surface area contributed by atoms with Crippen molar-refractivity contribution in [2.45, 2.75) is 32.6 Å². The molecule has 2 nitrogen and oxygen atoms in total. The van der Waals surface area contributed by atoms with Gasteiger partial charge < -0.3 is 10.1 Å². The van der Waals surface area contributed by atoms with E-state index in [0.29, 0.717) is 6.61 Å². The number of hydrogen-bond donors (Lipinski definition) is 1. The minimum absolute atomic E-state index is 0.00245. The van der Waals surface area contributed by atoms with Gasteiger partial charge in [-0.15, -0.1) is 0 Å². The van der Waals surface area contributed by atoms with E-state index in [1.54, 1.807) is 0 Å². The van der Waals surface area contributed by atoms with Crippen LogP contribution in [-0.4, -0.2) is 19.7 Å². The zero-order valence-electron chi connectivity index (χ0n) is 10.8. The first-order valence-corrected chi connectivity index (χ1v) is 6.53. The summed E-state index contributed by atoms with van der Waals surface area (Å²) in [6.45, 7) is 4.56. The smallest absolute Gasteiger partial charge is 0.200 e.